The number of hydrogen-bond donors (Lipinski definition) is 1. The van der Waals surface area contributed by atoms with Crippen LogP contribution in [-0.2, 0) is 35.3 Å². The summed E-state index contributed by atoms with van der Waals surface area (Å²) in [5, 5.41) is 3.34. The summed E-state index contributed by atoms with van der Waals surface area (Å²) < 4.78 is 45.2. The lowest BCUT2D eigenvalue weighted by Crippen LogP contribution is -2.22. The standard InChI is InChI=1S/C28H34N4O6S/c1-17-29-27-22(31-21-9-8-19(13-25(21)39(2,34)35)24-16-36-11-12-37-24)14-20(15-23(33)18-6-7-18)30-28(27)32(17)26-5-3-4-10-38-26/h8-9,13-14,18,24,26H,3-7,10-12,15-16H2,1-2H3,(H,30,31). The number of aryl methyl sites for hydroxylation is 1. The molecule has 1 aliphatic carbocycles. The first kappa shape index (κ1) is 26.4. The molecular weight excluding hydrogens is 520 g/mol. The van der Waals surface area contributed by atoms with Crippen molar-refractivity contribution in [3.63, 3.8) is 0 Å². The maximum Gasteiger partial charge on any atom is 0.177 e. The Kier molecular flexibility index (Phi) is 7.17. The predicted molar refractivity (Wildman–Crippen MR) is 145 cm³/mol. The smallest absolute Gasteiger partial charge is 0.177 e. The third-order valence-corrected chi connectivity index (χ3v) is 8.71. The third kappa shape index (κ3) is 5.58. The fourth-order valence-electron chi connectivity index (χ4n) is 5.38. The summed E-state index contributed by atoms with van der Waals surface area (Å²) in [4.78, 5) is 22.6. The van der Waals surface area contributed by atoms with Gasteiger partial charge in [-0.3, -0.25) is 9.36 Å². The minimum atomic E-state index is -3.59. The first-order chi connectivity index (χ1) is 18.8. The van der Waals surface area contributed by atoms with Crippen LogP contribution < -0.4 is 5.32 Å². The molecule has 2 unspecified atom stereocenters. The Morgan fingerprint density at radius 2 is 1.90 bits per heavy atom. The maximum absolute atomic E-state index is 12.9. The molecular formula is C28H34N4O6S. The molecule has 2 atom stereocenters. The van der Waals surface area contributed by atoms with Gasteiger partial charge in [0.15, 0.2) is 15.5 Å². The van der Waals surface area contributed by atoms with Gasteiger partial charge in [0.25, 0.3) is 0 Å². The normalized spacial score (nSPS) is 22.2. The number of imidazole rings is 1. The van der Waals surface area contributed by atoms with Crippen LogP contribution in [0.3, 0.4) is 0 Å². The van der Waals surface area contributed by atoms with Crippen LogP contribution in [0.25, 0.3) is 11.2 Å². The van der Waals surface area contributed by atoms with Crippen molar-refractivity contribution < 1.29 is 27.4 Å². The van der Waals surface area contributed by atoms with Crippen LogP contribution in [0.2, 0.25) is 0 Å². The Balaban J connectivity index is 1.43. The molecule has 0 bridgehead atoms. The van der Waals surface area contributed by atoms with E-state index in [2.05, 4.69) is 5.32 Å². The number of hydrogen-bond acceptors (Lipinski definition) is 9. The zero-order valence-electron chi connectivity index (χ0n) is 22.3. The molecule has 10 nitrogen and oxygen atoms in total. The summed E-state index contributed by atoms with van der Waals surface area (Å²) >= 11 is 0. The topological polar surface area (TPSA) is 122 Å². The van der Waals surface area contributed by atoms with E-state index in [0.717, 1.165) is 43.5 Å². The molecule has 0 amide bonds. The van der Waals surface area contributed by atoms with Gasteiger partial charge in [-0.25, -0.2) is 18.4 Å². The van der Waals surface area contributed by atoms with Crippen LogP contribution in [0.4, 0.5) is 11.4 Å². The summed E-state index contributed by atoms with van der Waals surface area (Å²) in [6.07, 6.45) is 5.70. The van der Waals surface area contributed by atoms with E-state index in [4.69, 9.17) is 24.2 Å². The van der Waals surface area contributed by atoms with Gasteiger partial charge in [0.05, 0.1) is 41.8 Å². The Labute approximate surface area is 228 Å². The van der Waals surface area contributed by atoms with Crippen molar-refractivity contribution in [1.82, 2.24) is 14.5 Å². The third-order valence-electron chi connectivity index (χ3n) is 7.57. The Morgan fingerprint density at radius 3 is 2.59 bits per heavy atom. The molecule has 208 valence electrons. The first-order valence-corrected chi connectivity index (χ1v) is 15.5. The number of aromatic nitrogens is 3. The zero-order chi connectivity index (χ0) is 27.1. The van der Waals surface area contributed by atoms with Crippen molar-refractivity contribution in [3.8, 4) is 0 Å². The monoisotopic (exact) mass is 554 g/mol. The number of carbonyl (C=O) groups is 1. The van der Waals surface area contributed by atoms with Crippen molar-refractivity contribution in [2.24, 2.45) is 5.92 Å². The van der Waals surface area contributed by atoms with Crippen LogP contribution in [0.5, 0.6) is 0 Å². The molecule has 2 saturated heterocycles. The van der Waals surface area contributed by atoms with Crippen molar-refractivity contribution in [2.75, 3.05) is 38.0 Å². The fourth-order valence-corrected chi connectivity index (χ4v) is 6.25. The molecule has 4 heterocycles. The van der Waals surface area contributed by atoms with Gasteiger partial charge in [-0.1, -0.05) is 6.07 Å². The van der Waals surface area contributed by atoms with Crippen LogP contribution in [0.1, 0.15) is 61.5 Å². The largest absolute Gasteiger partial charge is 0.376 e. The maximum atomic E-state index is 12.9. The van der Waals surface area contributed by atoms with Crippen molar-refractivity contribution >= 4 is 38.2 Å². The Morgan fingerprint density at radius 1 is 1.05 bits per heavy atom. The molecule has 39 heavy (non-hydrogen) atoms. The van der Waals surface area contributed by atoms with E-state index in [0.29, 0.717) is 54.7 Å². The highest BCUT2D eigenvalue weighted by molar-refractivity contribution is 7.90. The quantitative estimate of drug-likeness (QED) is 0.437. The molecule has 3 fully saturated rings. The summed E-state index contributed by atoms with van der Waals surface area (Å²) in [6.45, 7) is 3.95. The molecule has 6 rings (SSSR count). The summed E-state index contributed by atoms with van der Waals surface area (Å²) in [7, 11) is -3.59. The van der Waals surface area contributed by atoms with E-state index < -0.39 is 9.84 Å². The number of nitrogens with one attached hydrogen (secondary N) is 1. The van der Waals surface area contributed by atoms with E-state index >= 15 is 0 Å². The second-order valence-corrected chi connectivity index (χ2v) is 12.7. The highest BCUT2D eigenvalue weighted by atomic mass is 32.2. The minimum Gasteiger partial charge on any atom is -0.376 e. The Bertz CT molecular complexity index is 1500. The lowest BCUT2D eigenvalue weighted by Gasteiger charge is -2.25. The number of sulfone groups is 1. The highest BCUT2D eigenvalue weighted by Crippen LogP contribution is 2.36. The van der Waals surface area contributed by atoms with E-state index in [1.807, 2.05) is 23.6 Å². The molecule has 2 aromatic heterocycles. The van der Waals surface area contributed by atoms with E-state index in [9.17, 15) is 13.2 Å². The highest BCUT2D eigenvalue weighted by Gasteiger charge is 2.31. The molecule has 1 saturated carbocycles. The number of pyridine rings is 1. The lowest BCUT2D eigenvalue weighted by molar-refractivity contribution is -0.119. The first-order valence-electron chi connectivity index (χ1n) is 13.6. The number of rotatable bonds is 8. The predicted octanol–water partition coefficient (Wildman–Crippen LogP) is 4.20. The second-order valence-electron chi connectivity index (χ2n) is 10.7. The number of carbonyl (C=O) groups excluding carboxylic acids is 1. The number of benzene rings is 1. The van der Waals surface area contributed by atoms with Crippen LogP contribution >= 0.6 is 0 Å². The summed E-state index contributed by atoms with van der Waals surface area (Å²) in [6, 6.07) is 7.07. The van der Waals surface area contributed by atoms with Crippen molar-refractivity contribution in [2.45, 2.75) is 62.7 Å². The SMILES string of the molecule is Cc1nc2c(Nc3ccc(C4COCCO4)cc3S(C)(=O)=O)cc(CC(=O)C3CC3)nc2n1C1CCCCO1. The number of ether oxygens (including phenoxy) is 3. The van der Waals surface area contributed by atoms with Crippen molar-refractivity contribution in [3.05, 3.63) is 41.3 Å². The molecule has 3 aliphatic rings. The fraction of sp³-hybridized carbons (Fsp3) is 0.536. The van der Waals surface area contributed by atoms with Gasteiger partial charge in [-0.2, -0.15) is 0 Å². The van der Waals surface area contributed by atoms with E-state index in [1.54, 1.807) is 12.1 Å². The van der Waals surface area contributed by atoms with Crippen LogP contribution in [0.15, 0.2) is 29.2 Å². The van der Waals surface area contributed by atoms with Crippen LogP contribution in [0, 0.1) is 12.8 Å². The number of Topliss-reactive ketones (excluding diaryl/α,β-unsaturated/α-hetero) is 1. The number of nitrogens with zero attached hydrogens (tertiary/aromatic N) is 3. The summed E-state index contributed by atoms with van der Waals surface area (Å²) in [5.41, 5.74) is 3.64. The molecule has 0 spiro atoms. The van der Waals surface area contributed by atoms with Crippen LogP contribution in [-0.4, -0.2) is 61.4 Å². The van der Waals surface area contributed by atoms with Gasteiger partial charge >= 0.3 is 0 Å². The molecule has 0 radical (unpaired) electrons. The Hall–Kier alpha value is -2.86. The average Bonchev–Trinajstić information content (AvgIpc) is 3.72. The summed E-state index contributed by atoms with van der Waals surface area (Å²) in [5.74, 6) is 1.05. The lowest BCUT2D eigenvalue weighted by atomic mass is 10.1. The number of fused-ring (bicyclic) bond motifs is 1. The van der Waals surface area contributed by atoms with E-state index in [-0.39, 0.29) is 35.3 Å². The van der Waals surface area contributed by atoms with Gasteiger partial charge in [0.2, 0.25) is 0 Å². The van der Waals surface area contributed by atoms with E-state index in [1.165, 1.54) is 6.26 Å². The van der Waals surface area contributed by atoms with Gasteiger partial charge in [0, 0.05) is 25.2 Å². The number of ketones is 1. The molecule has 11 heteroatoms. The van der Waals surface area contributed by atoms with Crippen molar-refractivity contribution in [1.29, 1.82) is 0 Å². The molecule has 1 N–H and O–H groups in total. The molecule has 1 aromatic carbocycles. The number of anilines is 2. The second kappa shape index (κ2) is 10.6. The van der Waals surface area contributed by atoms with Gasteiger partial charge < -0.3 is 19.5 Å². The van der Waals surface area contributed by atoms with Gasteiger partial charge in [-0.15, -0.1) is 0 Å². The van der Waals surface area contributed by atoms with Gasteiger partial charge in [-0.05, 0) is 62.8 Å². The molecule has 3 aromatic rings. The zero-order valence-corrected chi connectivity index (χ0v) is 23.1. The molecule has 2 aliphatic heterocycles. The average molecular weight is 555 g/mol. The minimum absolute atomic E-state index is 0.114. The van der Waals surface area contributed by atoms with Gasteiger partial charge in [0.1, 0.15) is 29.5 Å².